The van der Waals surface area contributed by atoms with Gasteiger partial charge in [-0.1, -0.05) is 36.5 Å². The zero-order chi connectivity index (χ0) is 14.7. The Morgan fingerprint density at radius 2 is 2.10 bits per heavy atom. The van der Waals surface area contributed by atoms with Gasteiger partial charge in [-0.2, -0.15) is 0 Å². The van der Waals surface area contributed by atoms with Crippen LogP contribution >= 0.6 is 23.2 Å². The molecule has 6 heteroatoms. The molecule has 2 rings (SSSR count). The van der Waals surface area contributed by atoms with Crippen molar-refractivity contribution in [3.63, 3.8) is 0 Å². The molecule has 1 heterocycles. The minimum Gasteiger partial charge on any atom is -0.325 e. The van der Waals surface area contributed by atoms with Crippen molar-refractivity contribution in [2.45, 2.75) is 32.2 Å². The van der Waals surface area contributed by atoms with Crippen LogP contribution in [0, 0.1) is 11.7 Å². The summed E-state index contributed by atoms with van der Waals surface area (Å²) in [5, 5.41) is 5.72. The molecule has 0 radical (unpaired) electrons. The molecule has 1 aliphatic heterocycles. The molecule has 1 aromatic carbocycles. The van der Waals surface area contributed by atoms with Crippen LogP contribution in [-0.2, 0) is 4.79 Å². The Kier molecular flexibility index (Phi) is 5.24. The van der Waals surface area contributed by atoms with Crippen LogP contribution in [0.2, 0.25) is 10.0 Å². The van der Waals surface area contributed by atoms with Crippen LogP contribution < -0.4 is 10.6 Å². The summed E-state index contributed by atoms with van der Waals surface area (Å²) in [6.45, 7) is 2.96. The van der Waals surface area contributed by atoms with E-state index in [1.807, 2.05) is 0 Å². The van der Waals surface area contributed by atoms with E-state index in [9.17, 15) is 9.18 Å². The molecule has 20 heavy (non-hydrogen) atoms. The monoisotopic (exact) mass is 318 g/mol. The molecule has 1 aliphatic rings. The van der Waals surface area contributed by atoms with Gasteiger partial charge < -0.3 is 10.6 Å². The lowest BCUT2D eigenvalue weighted by Crippen LogP contribution is -2.46. The van der Waals surface area contributed by atoms with Crippen molar-refractivity contribution in [3.05, 3.63) is 28.0 Å². The fourth-order valence-electron chi connectivity index (χ4n) is 2.42. The van der Waals surface area contributed by atoms with Gasteiger partial charge in [0.25, 0.3) is 0 Å². The van der Waals surface area contributed by atoms with Crippen molar-refractivity contribution >= 4 is 34.8 Å². The summed E-state index contributed by atoms with van der Waals surface area (Å²) in [7, 11) is 0. The third kappa shape index (κ3) is 3.62. The summed E-state index contributed by atoms with van der Waals surface area (Å²) in [6, 6.07) is 2.50. The molecule has 0 aromatic heterocycles. The van der Waals surface area contributed by atoms with Crippen molar-refractivity contribution in [1.29, 1.82) is 0 Å². The third-order valence-electron chi connectivity index (χ3n) is 3.66. The zero-order valence-electron chi connectivity index (χ0n) is 11.2. The van der Waals surface area contributed by atoms with E-state index in [0.29, 0.717) is 11.6 Å². The predicted molar refractivity (Wildman–Crippen MR) is 79.9 cm³/mol. The maximum Gasteiger partial charge on any atom is 0.241 e. The van der Waals surface area contributed by atoms with E-state index in [1.54, 1.807) is 0 Å². The molecule has 2 N–H and O–H groups in total. The lowest BCUT2D eigenvalue weighted by atomic mass is 9.90. The number of carbonyl (C=O) groups excluding carboxylic acids is 1. The van der Waals surface area contributed by atoms with Gasteiger partial charge in [0.1, 0.15) is 0 Å². The summed E-state index contributed by atoms with van der Waals surface area (Å²) in [6.07, 6.45) is 2.97. The lowest BCUT2D eigenvalue weighted by Gasteiger charge is -2.28. The molecule has 1 amide bonds. The maximum atomic E-state index is 13.3. The number of amides is 1. The van der Waals surface area contributed by atoms with Gasteiger partial charge in [-0.05, 0) is 37.4 Å². The number of nitrogens with one attached hydrogen (secondary N) is 2. The van der Waals surface area contributed by atoms with Crippen molar-refractivity contribution < 1.29 is 9.18 Å². The number of carbonyl (C=O) groups is 1. The summed E-state index contributed by atoms with van der Waals surface area (Å²) >= 11 is 11.4. The SMILES string of the molecule is CCC1CCNC(C(=O)Nc2cc(Cl)c(F)c(Cl)c2)C1. The second-order valence-electron chi connectivity index (χ2n) is 5.05. The normalized spacial score (nSPS) is 22.6. The van der Waals surface area contributed by atoms with Crippen LogP contribution in [0.3, 0.4) is 0 Å². The molecule has 1 saturated heterocycles. The summed E-state index contributed by atoms with van der Waals surface area (Å²) in [4.78, 5) is 12.2. The Hall–Kier alpha value is -0.840. The first-order valence-electron chi connectivity index (χ1n) is 6.70. The zero-order valence-corrected chi connectivity index (χ0v) is 12.7. The van der Waals surface area contributed by atoms with E-state index in [1.165, 1.54) is 12.1 Å². The first kappa shape index (κ1) is 15.5. The number of halogens is 3. The van der Waals surface area contributed by atoms with Gasteiger partial charge >= 0.3 is 0 Å². The maximum absolute atomic E-state index is 13.3. The van der Waals surface area contributed by atoms with Gasteiger partial charge in [0.15, 0.2) is 5.82 Å². The molecule has 2 unspecified atom stereocenters. The highest BCUT2D eigenvalue weighted by Gasteiger charge is 2.26. The molecule has 0 saturated carbocycles. The minimum atomic E-state index is -0.673. The number of hydrogen-bond donors (Lipinski definition) is 2. The average molecular weight is 319 g/mol. The van der Waals surface area contributed by atoms with Crippen molar-refractivity contribution in [2.24, 2.45) is 5.92 Å². The molecular formula is C14H17Cl2FN2O. The molecule has 0 bridgehead atoms. The molecule has 1 aromatic rings. The van der Waals surface area contributed by atoms with Gasteiger partial charge in [0, 0.05) is 5.69 Å². The van der Waals surface area contributed by atoms with Crippen LogP contribution in [-0.4, -0.2) is 18.5 Å². The van der Waals surface area contributed by atoms with Crippen molar-refractivity contribution in [3.8, 4) is 0 Å². The summed E-state index contributed by atoms with van der Waals surface area (Å²) in [5.41, 5.74) is 0.409. The van der Waals surface area contributed by atoms with E-state index in [2.05, 4.69) is 17.6 Å². The minimum absolute atomic E-state index is 0.101. The number of benzene rings is 1. The number of rotatable bonds is 3. The Labute approximate surface area is 127 Å². The van der Waals surface area contributed by atoms with E-state index >= 15 is 0 Å². The molecule has 0 spiro atoms. The smallest absolute Gasteiger partial charge is 0.241 e. The molecule has 2 atom stereocenters. The molecule has 110 valence electrons. The lowest BCUT2D eigenvalue weighted by molar-refractivity contribution is -0.119. The van der Waals surface area contributed by atoms with Gasteiger partial charge in [-0.3, -0.25) is 4.79 Å². The van der Waals surface area contributed by atoms with Crippen LogP contribution in [0.1, 0.15) is 26.2 Å². The number of anilines is 1. The Morgan fingerprint density at radius 3 is 2.70 bits per heavy atom. The average Bonchev–Trinajstić information content (AvgIpc) is 2.44. The van der Waals surface area contributed by atoms with E-state index in [4.69, 9.17) is 23.2 Å². The fourth-order valence-corrected chi connectivity index (χ4v) is 2.91. The fraction of sp³-hybridized carbons (Fsp3) is 0.500. The molecular weight excluding hydrogens is 302 g/mol. The van der Waals surface area contributed by atoms with E-state index in [-0.39, 0.29) is 22.0 Å². The first-order valence-corrected chi connectivity index (χ1v) is 7.45. The third-order valence-corrected chi connectivity index (χ3v) is 4.21. The summed E-state index contributed by atoms with van der Waals surface area (Å²) < 4.78 is 13.3. The van der Waals surface area contributed by atoms with E-state index < -0.39 is 5.82 Å². The van der Waals surface area contributed by atoms with Gasteiger partial charge in [0.05, 0.1) is 16.1 Å². The standard InChI is InChI=1S/C14H17Cl2FN2O/c1-2-8-3-4-18-12(5-8)14(20)19-9-6-10(15)13(17)11(16)7-9/h6-8,12,18H,2-5H2,1H3,(H,19,20). The van der Waals surface area contributed by atoms with Crippen molar-refractivity contribution in [1.82, 2.24) is 5.32 Å². The highest BCUT2D eigenvalue weighted by Crippen LogP contribution is 2.28. The van der Waals surface area contributed by atoms with Gasteiger partial charge in [-0.15, -0.1) is 0 Å². The largest absolute Gasteiger partial charge is 0.325 e. The number of hydrogen-bond acceptors (Lipinski definition) is 2. The Bertz CT molecular complexity index is 487. The van der Waals surface area contributed by atoms with Crippen LogP contribution in [0.15, 0.2) is 12.1 Å². The molecule has 0 aliphatic carbocycles. The van der Waals surface area contributed by atoms with Crippen LogP contribution in [0.5, 0.6) is 0 Å². The van der Waals surface area contributed by atoms with Crippen LogP contribution in [0.4, 0.5) is 10.1 Å². The number of piperidine rings is 1. The van der Waals surface area contributed by atoms with E-state index in [0.717, 1.165) is 25.8 Å². The topological polar surface area (TPSA) is 41.1 Å². The summed E-state index contributed by atoms with van der Waals surface area (Å²) in [5.74, 6) is -0.248. The Morgan fingerprint density at radius 1 is 1.45 bits per heavy atom. The highest BCUT2D eigenvalue weighted by molar-refractivity contribution is 6.35. The second kappa shape index (κ2) is 6.74. The molecule has 1 fully saturated rings. The van der Waals surface area contributed by atoms with Crippen molar-refractivity contribution in [2.75, 3.05) is 11.9 Å². The predicted octanol–water partition coefficient (Wildman–Crippen LogP) is 3.85. The quantitative estimate of drug-likeness (QED) is 0.831. The first-order chi connectivity index (χ1) is 9.51. The Balaban J connectivity index is 2.04. The second-order valence-corrected chi connectivity index (χ2v) is 5.86. The highest BCUT2D eigenvalue weighted by atomic mass is 35.5. The van der Waals surface area contributed by atoms with Gasteiger partial charge in [0.2, 0.25) is 5.91 Å². The molecule has 3 nitrogen and oxygen atoms in total. The van der Waals surface area contributed by atoms with Gasteiger partial charge in [-0.25, -0.2) is 4.39 Å². The van der Waals surface area contributed by atoms with Crippen LogP contribution in [0.25, 0.3) is 0 Å².